The van der Waals surface area contributed by atoms with Crippen LogP contribution in [0.1, 0.15) is 30.3 Å². The largest absolute Gasteiger partial charge is 0.336 e. The van der Waals surface area contributed by atoms with E-state index in [9.17, 15) is 14.0 Å². The first-order valence-corrected chi connectivity index (χ1v) is 6.05. The lowest BCUT2D eigenvalue weighted by atomic mass is 9.94. The lowest BCUT2D eigenvalue weighted by molar-refractivity contribution is -0.125. The predicted molar refractivity (Wildman–Crippen MR) is 63.5 cm³/mol. The monoisotopic (exact) mass is 250 g/mol. The van der Waals surface area contributed by atoms with Crippen LogP contribution >= 0.6 is 0 Å². The third-order valence-corrected chi connectivity index (χ3v) is 3.25. The van der Waals surface area contributed by atoms with Crippen molar-refractivity contribution in [3.05, 3.63) is 29.8 Å². The van der Waals surface area contributed by atoms with Crippen LogP contribution in [0, 0.1) is 11.7 Å². The summed E-state index contributed by atoms with van der Waals surface area (Å²) in [5, 5.41) is 0. The summed E-state index contributed by atoms with van der Waals surface area (Å²) < 4.78 is 12.7. The molecule has 0 bridgehead atoms. The minimum atomic E-state index is -0.466. The average molecular weight is 250 g/mol. The maximum Gasteiger partial charge on any atom is 0.272 e. The molecular weight excluding hydrogens is 235 g/mol. The van der Waals surface area contributed by atoms with Crippen LogP contribution in [0.3, 0.4) is 0 Å². The molecule has 1 unspecified atom stereocenters. The molecule has 1 atom stereocenters. The molecule has 4 nitrogen and oxygen atoms in total. The second kappa shape index (κ2) is 5.25. The zero-order chi connectivity index (χ0) is 13.1. The summed E-state index contributed by atoms with van der Waals surface area (Å²) in [6.07, 6.45) is 2.16. The van der Waals surface area contributed by atoms with Gasteiger partial charge in [-0.1, -0.05) is 6.92 Å². The van der Waals surface area contributed by atoms with Gasteiger partial charge < -0.3 is 4.90 Å². The Morgan fingerprint density at radius 1 is 1.56 bits per heavy atom. The van der Waals surface area contributed by atoms with Crippen molar-refractivity contribution in [3.8, 4) is 0 Å². The Balaban J connectivity index is 2.10. The Morgan fingerprint density at radius 2 is 2.33 bits per heavy atom. The lowest BCUT2D eigenvalue weighted by Gasteiger charge is -2.31. The molecule has 1 aromatic rings. The number of amides is 1. The van der Waals surface area contributed by atoms with E-state index in [1.807, 2.05) is 6.92 Å². The highest BCUT2D eigenvalue weighted by Crippen LogP contribution is 2.17. The van der Waals surface area contributed by atoms with Gasteiger partial charge in [0.2, 0.25) is 0 Å². The number of pyridine rings is 1. The Labute approximate surface area is 105 Å². The van der Waals surface area contributed by atoms with Crippen LogP contribution in [-0.2, 0) is 4.79 Å². The van der Waals surface area contributed by atoms with Crippen molar-refractivity contribution < 1.29 is 14.0 Å². The van der Waals surface area contributed by atoms with Gasteiger partial charge in [-0.3, -0.25) is 9.59 Å². The summed E-state index contributed by atoms with van der Waals surface area (Å²) in [5.74, 6) is -0.565. The van der Waals surface area contributed by atoms with E-state index in [0.717, 1.165) is 12.6 Å². The first kappa shape index (κ1) is 12.7. The van der Waals surface area contributed by atoms with Crippen LogP contribution in [0.4, 0.5) is 4.39 Å². The van der Waals surface area contributed by atoms with Crippen LogP contribution in [0.2, 0.25) is 0 Å². The van der Waals surface area contributed by atoms with Gasteiger partial charge in [-0.2, -0.15) is 0 Å². The molecule has 0 N–H and O–H groups in total. The molecular formula is C13H15FN2O2. The van der Waals surface area contributed by atoms with Crippen LogP contribution in [0.15, 0.2) is 18.3 Å². The molecule has 1 saturated heterocycles. The zero-order valence-corrected chi connectivity index (χ0v) is 10.2. The number of hydrogen-bond acceptors (Lipinski definition) is 3. The van der Waals surface area contributed by atoms with Gasteiger partial charge in [0.25, 0.3) is 5.91 Å². The fourth-order valence-electron chi connectivity index (χ4n) is 2.11. The van der Waals surface area contributed by atoms with E-state index >= 15 is 0 Å². The van der Waals surface area contributed by atoms with E-state index in [4.69, 9.17) is 0 Å². The SMILES string of the molecule is CCC1CN(C(=O)c2ccc(F)cn2)CCC1=O. The highest BCUT2D eigenvalue weighted by molar-refractivity contribution is 5.94. The van der Waals surface area contributed by atoms with E-state index in [2.05, 4.69) is 4.98 Å². The Kier molecular flexibility index (Phi) is 3.69. The van der Waals surface area contributed by atoms with E-state index < -0.39 is 5.82 Å². The molecule has 0 radical (unpaired) electrons. The third kappa shape index (κ3) is 2.55. The summed E-state index contributed by atoms with van der Waals surface area (Å²) >= 11 is 0. The Hall–Kier alpha value is -1.78. The maximum atomic E-state index is 12.7. The van der Waals surface area contributed by atoms with E-state index in [1.165, 1.54) is 12.1 Å². The molecule has 0 aliphatic carbocycles. The molecule has 1 aliphatic heterocycles. The minimum Gasteiger partial charge on any atom is -0.336 e. The molecule has 1 amide bonds. The fourth-order valence-corrected chi connectivity index (χ4v) is 2.11. The van der Waals surface area contributed by atoms with Crippen molar-refractivity contribution in [1.29, 1.82) is 0 Å². The van der Waals surface area contributed by atoms with Crippen molar-refractivity contribution in [1.82, 2.24) is 9.88 Å². The number of ketones is 1. The third-order valence-electron chi connectivity index (χ3n) is 3.25. The molecule has 1 aromatic heterocycles. The molecule has 2 heterocycles. The minimum absolute atomic E-state index is 0.0804. The molecule has 18 heavy (non-hydrogen) atoms. The second-order valence-electron chi connectivity index (χ2n) is 4.43. The topological polar surface area (TPSA) is 50.3 Å². The number of carbonyl (C=O) groups is 2. The van der Waals surface area contributed by atoms with Gasteiger partial charge in [0.15, 0.2) is 0 Å². The number of piperidine rings is 1. The number of aromatic nitrogens is 1. The quantitative estimate of drug-likeness (QED) is 0.802. The van der Waals surface area contributed by atoms with Gasteiger partial charge in [0.05, 0.1) is 6.20 Å². The van der Waals surface area contributed by atoms with Crippen molar-refractivity contribution in [2.75, 3.05) is 13.1 Å². The molecule has 0 aromatic carbocycles. The Morgan fingerprint density at radius 3 is 2.94 bits per heavy atom. The van der Waals surface area contributed by atoms with Gasteiger partial charge >= 0.3 is 0 Å². The number of halogens is 1. The van der Waals surface area contributed by atoms with Crippen LogP contribution < -0.4 is 0 Å². The van der Waals surface area contributed by atoms with Crippen molar-refractivity contribution in [3.63, 3.8) is 0 Å². The number of nitrogens with zero attached hydrogens (tertiary/aromatic N) is 2. The van der Waals surface area contributed by atoms with Crippen molar-refractivity contribution in [2.24, 2.45) is 5.92 Å². The smallest absolute Gasteiger partial charge is 0.272 e. The van der Waals surface area contributed by atoms with Crippen LogP contribution in [-0.4, -0.2) is 34.7 Å². The second-order valence-corrected chi connectivity index (χ2v) is 4.43. The Bertz CT molecular complexity index is 459. The van der Waals surface area contributed by atoms with E-state index in [1.54, 1.807) is 4.90 Å². The molecule has 1 aliphatic rings. The molecule has 5 heteroatoms. The summed E-state index contributed by atoms with van der Waals surface area (Å²) in [5.41, 5.74) is 0.223. The predicted octanol–water partition coefficient (Wildman–Crippen LogP) is 1.66. The number of hydrogen-bond donors (Lipinski definition) is 0. The van der Waals surface area contributed by atoms with Crippen LogP contribution in [0.25, 0.3) is 0 Å². The number of carbonyl (C=O) groups excluding carboxylic acids is 2. The fraction of sp³-hybridized carbons (Fsp3) is 0.462. The number of likely N-dealkylation sites (tertiary alicyclic amines) is 1. The average Bonchev–Trinajstić information content (AvgIpc) is 2.39. The lowest BCUT2D eigenvalue weighted by Crippen LogP contribution is -2.44. The van der Waals surface area contributed by atoms with Gasteiger partial charge in [0.1, 0.15) is 17.3 Å². The number of Topliss-reactive ketones (excluding diaryl/α,β-unsaturated/α-hetero) is 1. The molecule has 1 fully saturated rings. The first-order valence-electron chi connectivity index (χ1n) is 6.05. The summed E-state index contributed by atoms with van der Waals surface area (Å²) in [7, 11) is 0. The molecule has 0 saturated carbocycles. The molecule has 96 valence electrons. The summed E-state index contributed by atoms with van der Waals surface area (Å²) in [6, 6.07) is 2.59. The molecule has 0 spiro atoms. The summed E-state index contributed by atoms with van der Waals surface area (Å²) in [6.45, 7) is 2.80. The standard InChI is InChI=1S/C13H15FN2O2/c1-2-9-8-16(6-5-12(9)17)13(18)11-4-3-10(14)7-15-11/h3-4,7,9H,2,5-6,8H2,1H3. The normalized spacial score (nSPS) is 20.0. The molecule has 2 rings (SSSR count). The van der Waals surface area contributed by atoms with Crippen molar-refractivity contribution in [2.45, 2.75) is 19.8 Å². The summed E-state index contributed by atoms with van der Waals surface area (Å²) in [4.78, 5) is 29.1. The van der Waals surface area contributed by atoms with Crippen molar-refractivity contribution >= 4 is 11.7 Å². The van der Waals surface area contributed by atoms with Gasteiger partial charge in [0, 0.05) is 25.4 Å². The zero-order valence-electron chi connectivity index (χ0n) is 10.2. The van der Waals surface area contributed by atoms with E-state index in [-0.39, 0.29) is 23.3 Å². The van der Waals surface area contributed by atoms with Gasteiger partial charge in [-0.05, 0) is 18.6 Å². The van der Waals surface area contributed by atoms with Gasteiger partial charge in [-0.25, -0.2) is 9.37 Å². The van der Waals surface area contributed by atoms with E-state index in [0.29, 0.717) is 19.5 Å². The highest BCUT2D eigenvalue weighted by atomic mass is 19.1. The number of rotatable bonds is 2. The van der Waals surface area contributed by atoms with Crippen LogP contribution in [0.5, 0.6) is 0 Å². The first-order chi connectivity index (χ1) is 8.61. The maximum absolute atomic E-state index is 12.7. The highest BCUT2D eigenvalue weighted by Gasteiger charge is 2.29. The van der Waals surface area contributed by atoms with Gasteiger partial charge in [-0.15, -0.1) is 0 Å².